The molecule has 2 N–H and O–H groups in total. The number of aromatic carboxylic acids is 1. The molecule has 0 saturated carbocycles. The second-order valence-corrected chi connectivity index (χ2v) is 6.21. The summed E-state index contributed by atoms with van der Waals surface area (Å²) in [5.74, 6) is -0.586. The SMILES string of the molecule is COc1cccc(-c2cc(C(=O)O)c3c(-c4ccc(F)cc4)[nH]nc3n2)c1OC. The molecular formula is C21H16FN3O4. The van der Waals surface area contributed by atoms with E-state index < -0.39 is 5.97 Å². The van der Waals surface area contributed by atoms with Crippen LogP contribution in [-0.2, 0) is 0 Å². The first-order chi connectivity index (χ1) is 14.0. The van der Waals surface area contributed by atoms with Gasteiger partial charge in [0.15, 0.2) is 17.1 Å². The Morgan fingerprint density at radius 3 is 2.52 bits per heavy atom. The van der Waals surface area contributed by atoms with Gasteiger partial charge in [-0.05, 0) is 42.5 Å². The van der Waals surface area contributed by atoms with Gasteiger partial charge in [0.2, 0.25) is 0 Å². The van der Waals surface area contributed by atoms with Gasteiger partial charge in [-0.3, -0.25) is 5.10 Å². The van der Waals surface area contributed by atoms with Crippen molar-refractivity contribution in [2.24, 2.45) is 0 Å². The van der Waals surface area contributed by atoms with E-state index in [0.29, 0.717) is 39.4 Å². The van der Waals surface area contributed by atoms with E-state index in [1.54, 1.807) is 30.3 Å². The number of aromatic nitrogens is 3. The zero-order chi connectivity index (χ0) is 20.5. The number of pyridine rings is 1. The monoisotopic (exact) mass is 393 g/mol. The highest BCUT2D eigenvalue weighted by atomic mass is 19.1. The molecule has 0 amide bonds. The lowest BCUT2D eigenvalue weighted by Crippen LogP contribution is -2.01. The number of ether oxygens (including phenoxy) is 2. The number of benzene rings is 2. The number of fused-ring (bicyclic) bond motifs is 1. The molecule has 4 rings (SSSR count). The fourth-order valence-corrected chi connectivity index (χ4v) is 3.24. The van der Waals surface area contributed by atoms with Crippen LogP contribution in [0.15, 0.2) is 48.5 Å². The van der Waals surface area contributed by atoms with Gasteiger partial charge in [-0.1, -0.05) is 6.07 Å². The Kier molecular flexibility index (Phi) is 4.59. The van der Waals surface area contributed by atoms with Crippen molar-refractivity contribution >= 4 is 17.0 Å². The Morgan fingerprint density at radius 2 is 1.86 bits per heavy atom. The third-order valence-corrected chi connectivity index (χ3v) is 4.57. The van der Waals surface area contributed by atoms with Gasteiger partial charge >= 0.3 is 5.97 Å². The van der Waals surface area contributed by atoms with Crippen LogP contribution in [0.5, 0.6) is 11.5 Å². The van der Waals surface area contributed by atoms with Crippen LogP contribution in [0.1, 0.15) is 10.4 Å². The van der Waals surface area contributed by atoms with Crippen LogP contribution >= 0.6 is 0 Å². The first-order valence-electron chi connectivity index (χ1n) is 8.63. The van der Waals surface area contributed by atoms with E-state index in [2.05, 4.69) is 15.2 Å². The molecule has 0 aliphatic carbocycles. The minimum atomic E-state index is -1.13. The van der Waals surface area contributed by atoms with Crippen LogP contribution in [0.3, 0.4) is 0 Å². The van der Waals surface area contributed by atoms with Crippen molar-refractivity contribution in [3.05, 3.63) is 59.9 Å². The van der Waals surface area contributed by atoms with Crippen LogP contribution < -0.4 is 9.47 Å². The summed E-state index contributed by atoms with van der Waals surface area (Å²) in [6.45, 7) is 0. The lowest BCUT2D eigenvalue weighted by atomic mass is 10.0. The molecule has 2 heterocycles. The van der Waals surface area contributed by atoms with Crippen molar-refractivity contribution < 1.29 is 23.8 Å². The number of carboxylic acid groups (broad SMARTS) is 1. The molecule has 8 heteroatoms. The van der Waals surface area contributed by atoms with E-state index in [1.165, 1.54) is 32.4 Å². The Morgan fingerprint density at radius 1 is 1.10 bits per heavy atom. The van der Waals surface area contributed by atoms with E-state index in [4.69, 9.17) is 9.47 Å². The zero-order valence-corrected chi connectivity index (χ0v) is 15.6. The molecule has 2 aromatic carbocycles. The standard InChI is InChI=1S/C21H16FN3O4/c1-28-16-5-3-4-13(19(16)29-2)15-10-14(21(26)27)17-18(24-25-20(17)23-15)11-6-8-12(22)9-7-11/h3-10H,1-2H3,(H,26,27)(H,23,24,25). The van der Waals surface area contributed by atoms with E-state index in [0.717, 1.165) is 0 Å². The molecule has 29 heavy (non-hydrogen) atoms. The normalized spacial score (nSPS) is 10.9. The van der Waals surface area contributed by atoms with Gasteiger partial charge in [0.25, 0.3) is 0 Å². The summed E-state index contributed by atoms with van der Waals surface area (Å²) >= 11 is 0. The number of carboxylic acids is 1. The molecule has 0 atom stereocenters. The number of nitrogens with one attached hydrogen (secondary N) is 1. The van der Waals surface area contributed by atoms with Crippen molar-refractivity contribution in [2.45, 2.75) is 0 Å². The Labute approximate surface area is 164 Å². The summed E-state index contributed by atoms with van der Waals surface area (Å²) in [6, 6.07) is 12.4. The van der Waals surface area contributed by atoms with Crippen LogP contribution in [0, 0.1) is 5.82 Å². The lowest BCUT2D eigenvalue weighted by molar-refractivity contribution is 0.0699. The summed E-state index contributed by atoms with van der Waals surface area (Å²) in [5, 5.41) is 17.2. The average molecular weight is 393 g/mol. The number of aromatic amines is 1. The Hall–Kier alpha value is -3.94. The molecule has 4 aromatic rings. The Balaban J connectivity index is 1.97. The summed E-state index contributed by atoms with van der Waals surface area (Å²) in [7, 11) is 3.02. The average Bonchev–Trinajstić information content (AvgIpc) is 3.16. The van der Waals surface area contributed by atoms with E-state index >= 15 is 0 Å². The third-order valence-electron chi connectivity index (χ3n) is 4.57. The third kappa shape index (κ3) is 3.14. The van der Waals surface area contributed by atoms with Gasteiger partial charge in [-0.2, -0.15) is 5.10 Å². The molecule has 2 aromatic heterocycles. The first kappa shape index (κ1) is 18.4. The highest BCUT2D eigenvalue weighted by Gasteiger charge is 2.21. The van der Waals surface area contributed by atoms with Crippen molar-refractivity contribution in [2.75, 3.05) is 14.2 Å². The summed E-state index contributed by atoms with van der Waals surface area (Å²) < 4.78 is 24.0. The highest BCUT2D eigenvalue weighted by Crippen LogP contribution is 2.39. The van der Waals surface area contributed by atoms with Crippen LogP contribution in [0.2, 0.25) is 0 Å². The number of carbonyl (C=O) groups is 1. The molecule has 146 valence electrons. The van der Waals surface area contributed by atoms with Gasteiger partial charge in [-0.15, -0.1) is 0 Å². The summed E-state index contributed by atoms with van der Waals surface area (Å²) in [4.78, 5) is 16.5. The molecule has 0 aliphatic heterocycles. The molecular weight excluding hydrogens is 377 g/mol. The van der Waals surface area contributed by atoms with Crippen LogP contribution in [0.4, 0.5) is 4.39 Å². The smallest absolute Gasteiger partial charge is 0.336 e. The largest absolute Gasteiger partial charge is 0.493 e. The highest BCUT2D eigenvalue weighted by molar-refractivity contribution is 6.08. The molecule has 0 spiro atoms. The minimum Gasteiger partial charge on any atom is -0.493 e. The predicted molar refractivity (Wildman–Crippen MR) is 105 cm³/mol. The van der Waals surface area contributed by atoms with Crippen molar-refractivity contribution in [3.8, 4) is 34.0 Å². The summed E-state index contributed by atoms with van der Waals surface area (Å²) in [5.41, 5.74) is 2.25. The van der Waals surface area contributed by atoms with Gasteiger partial charge in [0, 0.05) is 11.1 Å². The maximum atomic E-state index is 13.3. The van der Waals surface area contributed by atoms with Crippen LogP contribution in [-0.4, -0.2) is 40.5 Å². The molecule has 0 saturated heterocycles. The number of methoxy groups -OCH3 is 2. The van der Waals surface area contributed by atoms with E-state index in [1.807, 2.05) is 0 Å². The van der Waals surface area contributed by atoms with Crippen molar-refractivity contribution in [1.82, 2.24) is 15.2 Å². The first-order valence-corrected chi connectivity index (χ1v) is 8.63. The molecule has 0 aliphatic rings. The minimum absolute atomic E-state index is 0.0166. The number of hydrogen-bond donors (Lipinski definition) is 2. The molecule has 0 unspecified atom stereocenters. The van der Waals surface area contributed by atoms with Gasteiger partial charge in [0.05, 0.1) is 36.6 Å². The Bertz CT molecular complexity index is 1220. The molecule has 7 nitrogen and oxygen atoms in total. The fourth-order valence-electron chi connectivity index (χ4n) is 3.24. The number of para-hydroxylation sites is 1. The molecule has 0 bridgehead atoms. The quantitative estimate of drug-likeness (QED) is 0.529. The van der Waals surface area contributed by atoms with Gasteiger partial charge in [-0.25, -0.2) is 14.2 Å². The number of H-pyrrole nitrogens is 1. The van der Waals surface area contributed by atoms with Crippen molar-refractivity contribution in [1.29, 1.82) is 0 Å². The van der Waals surface area contributed by atoms with Gasteiger partial charge in [0.1, 0.15) is 5.82 Å². The molecule has 0 radical (unpaired) electrons. The number of halogens is 1. The van der Waals surface area contributed by atoms with Crippen molar-refractivity contribution in [3.63, 3.8) is 0 Å². The fraction of sp³-hybridized carbons (Fsp3) is 0.0952. The summed E-state index contributed by atoms with van der Waals surface area (Å²) in [6.07, 6.45) is 0. The maximum absolute atomic E-state index is 13.3. The maximum Gasteiger partial charge on any atom is 0.336 e. The second kappa shape index (κ2) is 7.23. The van der Waals surface area contributed by atoms with E-state index in [-0.39, 0.29) is 17.0 Å². The van der Waals surface area contributed by atoms with Gasteiger partial charge < -0.3 is 14.6 Å². The molecule has 0 fully saturated rings. The zero-order valence-electron chi connectivity index (χ0n) is 15.6. The lowest BCUT2D eigenvalue weighted by Gasteiger charge is -2.12. The number of rotatable bonds is 5. The number of nitrogens with zero attached hydrogens (tertiary/aromatic N) is 2. The second-order valence-electron chi connectivity index (χ2n) is 6.21. The predicted octanol–water partition coefficient (Wildman–Crippen LogP) is 4.15. The van der Waals surface area contributed by atoms with E-state index in [9.17, 15) is 14.3 Å². The van der Waals surface area contributed by atoms with Crippen LogP contribution in [0.25, 0.3) is 33.5 Å². The number of hydrogen-bond acceptors (Lipinski definition) is 5. The topological polar surface area (TPSA) is 97.3 Å².